The minimum atomic E-state index is -0.0472. The first-order valence-electron chi connectivity index (χ1n) is 7.29. The van der Waals surface area contributed by atoms with Gasteiger partial charge in [0.2, 0.25) is 0 Å². The van der Waals surface area contributed by atoms with Crippen LogP contribution in [0.2, 0.25) is 0 Å². The average Bonchev–Trinajstić information content (AvgIpc) is 2.55. The van der Waals surface area contributed by atoms with Crippen molar-refractivity contribution in [3.05, 3.63) is 59.4 Å². The maximum Gasteiger partial charge on any atom is 0.251 e. The third kappa shape index (κ3) is 2.86. The van der Waals surface area contributed by atoms with Gasteiger partial charge in [0.05, 0.1) is 18.4 Å². The minimum absolute atomic E-state index is 0.0472. The highest BCUT2D eigenvalue weighted by atomic mass is 16.5. The van der Waals surface area contributed by atoms with Crippen LogP contribution < -0.4 is 9.64 Å². The Labute approximate surface area is 130 Å². The molecule has 1 aromatic carbocycles. The summed E-state index contributed by atoms with van der Waals surface area (Å²) in [5.41, 5.74) is 4.27. The number of fused-ring (bicyclic) bond motifs is 1. The molecule has 22 heavy (non-hydrogen) atoms. The summed E-state index contributed by atoms with van der Waals surface area (Å²) in [6, 6.07) is 7.96. The molecule has 0 unspecified atom stereocenters. The molecule has 2 heterocycles. The van der Waals surface area contributed by atoms with Crippen LogP contribution in [0.4, 0.5) is 5.69 Å². The second-order valence-corrected chi connectivity index (χ2v) is 5.36. The van der Waals surface area contributed by atoms with E-state index in [0.29, 0.717) is 18.9 Å². The number of pyridine rings is 1. The third-order valence-electron chi connectivity index (χ3n) is 3.84. The molecule has 0 fully saturated rings. The topological polar surface area (TPSA) is 42.4 Å². The van der Waals surface area contributed by atoms with Crippen LogP contribution in [-0.4, -0.2) is 24.0 Å². The van der Waals surface area contributed by atoms with Crippen molar-refractivity contribution in [2.45, 2.75) is 13.8 Å². The number of ether oxygens (including phenoxy) is 1. The highest BCUT2D eigenvalue weighted by Gasteiger charge is 2.21. The second-order valence-electron chi connectivity index (χ2n) is 5.36. The molecule has 3 rings (SSSR count). The van der Waals surface area contributed by atoms with E-state index in [1.807, 2.05) is 12.1 Å². The van der Waals surface area contributed by atoms with Crippen molar-refractivity contribution in [2.24, 2.45) is 0 Å². The highest BCUT2D eigenvalue weighted by Crippen LogP contribution is 2.30. The van der Waals surface area contributed by atoms with Crippen LogP contribution in [0.1, 0.15) is 16.7 Å². The minimum Gasteiger partial charge on any atom is -0.488 e. The Balaban J connectivity index is 1.80. The number of benzene rings is 1. The molecule has 0 saturated carbocycles. The summed E-state index contributed by atoms with van der Waals surface area (Å²) in [5.74, 6) is 0.607. The Bertz CT molecular complexity index is 738. The van der Waals surface area contributed by atoms with E-state index in [-0.39, 0.29) is 5.91 Å². The molecule has 2 aromatic rings. The van der Waals surface area contributed by atoms with Crippen molar-refractivity contribution >= 4 is 17.7 Å². The van der Waals surface area contributed by atoms with Crippen LogP contribution in [0.15, 0.2) is 42.7 Å². The van der Waals surface area contributed by atoms with E-state index in [1.165, 1.54) is 11.1 Å². The van der Waals surface area contributed by atoms with Gasteiger partial charge in [-0.1, -0.05) is 18.2 Å². The molecule has 1 aromatic heterocycles. The predicted octanol–water partition coefficient (Wildman–Crippen LogP) is 3.14. The largest absolute Gasteiger partial charge is 0.488 e. The first-order chi connectivity index (χ1) is 10.6. The quantitative estimate of drug-likeness (QED) is 0.799. The standard InChI is InChI=1S/C18H18N2O2/c1-13-3-4-15(11-14(13)2)5-6-18(21)20-9-10-22-17-12-19-8-7-16(17)20/h3-8,11-12H,9-10H2,1-2H3/b6-5+. The van der Waals surface area contributed by atoms with E-state index in [4.69, 9.17) is 4.74 Å². The smallest absolute Gasteiger partial charge is 0.251 e. The summed E-state index contributed by atoms with van der Waals surface area (Å²) in [7, 11) is 0. The first-order valence-corrected chi connectivity index (χ1v) is 7.29. The number of nitrogens with zero attached hydrogens (tertiary/aromatic N) is 2. The van der Waals surface area contributed by atoms with E-state index in [1.54, 1.807) is 29.4 Å². The van der Waals surface area contributed by atoms with Crippen molar-refractivity contribution < 1.29 is 9.53 Å². The number of aromatic nitrogens is 1. The summed E-state index contributed by atoms with van der Waals surface area (Å²) in [6.45, 7) is 5.18. The summed E-state index contributed by atoms with van der Waals surface area (Å²) >= 11 is 0. The number of anilines is 1. The van der Waals surface area contributed by atoms with E-state index in [2.05, 4.69) is 31.0 Å². The molecular weight excluding hydrogens is 276 g/mol. The molecule has 1 amide bonds. The fraction of sp³-hybridized carbons (Fsp3) is 0.222. The molecule has 0 saturated heterocycles. The third-order valence-corrected chi connectivity index (χ3v) is 3.84. The van der Waals surface area contributed by atoms with E-state index in [0.717, 1.165) is 11.3 Å². The lowest BCUT2D eigenvalue weighted by Gasteiger charge is -2.28. The van der Waals surface area contributed by atoms with Crippen molar-refractivity contribution in [1.82, 2.24) is 4.98 Å². The molecule has 1 aliphatic heterocycles. The van der Waals surface area contributed by atoms with Crippen molar-refractivity contribution in [3.63, 3.8) is 0 Å². The summed E-state index contributed by atoms with van der Waals surface area (Å²) in [4.78, 5) is 18.2. The number of amides is 1. The number of carbonyl (C=O) groups excluding carboxylic acids is 1. The zero-order valence-corrected chi connectivity index (χ0v) is 12.7. The van der Waals surface area contributed by atoms with Gasteiger partial charge in [-0.05, 0) is 42.7 Å². The maximum absolute atomic E-state index is 12.4. The molecule has 0 N–H and O–H groups in total. The lowest BCUT2D eigenvalue weighted by atomic mass is 10.1. The normalized spacial score (nSPS) is 13.8. The van der Waals surface area contributed by atoms with Gasteiger partial charge in [-0.3, -0.25) is 9.78 Å². The molecule has 112 valence electrons. The van der Waals surface area contributed by atoms with Gasteiger partial charge in [0, 0.05) is 12.3 Å². The molecular formula is C18H18N2O2. The zero-order chi connectivity index (χ0) is 15.5. The van der Waals surface area contributed by atoms with Gasteiger partial charge in [-0.2, -0.15) is 0 Å². The van der Waals surface area contributed by atoms with E-state index < -0.39 is 0 Å². The maximum atomic E-state index is 12.4. The van der Waals surface area contributed by atoms with Gasteiger partial charge in [0.15, 0.2) is 5.75 Å². The van der Waals surface area contributed by atoms with Gasteiger partial charge in [-0.25, -0.2) is 0 Å². The summed E-state index contributed by atoms with van der Waals surface area (Å²) in [5, 5.41) is 0. The Kier molecular flexibility index (Phi) is 3.92. The number of aryl methyl sites for hydroxylation is 2. The van der Waals surface area contributed by atoms with Crippen LogP contribution in [0.5, 0.6) is 5.75 Å². The van der Waals surface area contributed by atoms with Crippen LogP contribution in [0.3, 0.4) is 0 Å². The Morgan fingerprint density at radius 2 is 2.14 bits per heavy atom. The van der Waals surface area contributed by atoms with Crippen LogP contribution >= 0.6 is 0 Å². The van der Waals surface area contributed by atoms with Gasteiger partial charge < -0.3 is 9.64 Å². The Morgan fingerprint density at radius 3 is 2.95 bits per heavy atom. The van der Waals surface area contributed by atoms with Gasteiger partial charge in [-0.15, -0.1) is 0 Å². The fourth-order valence-corrected chi connectivity index (χ4v) is 2.43. The SMILES string of the molecule is Cc1ccc(/C=C/C(=O)N2CCOc3cnccc32)cc1C. The monoisotopic (exact) mass is 294 g/mol. The second kappa shape index (κ2) is 6.02. The molecule has 0 aliphatic carbocycles. The molecule has 1 aliphatic rings. The number of hydrogen-bond donors (Lipinski definition) is 0. The Hall–Kier alpha value is -2.62. The zero-order valence-electron chi connectivity index (χ0n) is 12.7. The van der Waals surface area contributed by atoms with Crippen LogP contribution in [0.25, 0.3) is 6.08 Å². The number of carbonyl (C=O) groups is 1. The van der Waals surface area contributed by atoms with Gasteiger partial charge >= 0.3 is 0 Å². The van der Waals surface area contributed by atoms with Crippen LogP contribution in [0, 0.1) is 13.8 Å². The molecule has 4 nitrogen and oxygen atoms in total. The summed E-state index contributed by atoms with van der Waals surface area (Å²) in [6.07, 6.45) is 6.77. The molecule has 0 atom stereocenters. The number of hydrogen-bond acceptors (Lipinski definition) is 3. The highest BCUT2D eigenvalue weighted by molar-refractivity contribution is 6.04. The van der Waals surface area contributed by atoms with Crippen molar-refractivity contribution in [3.8, 4) is 5.75 Å². The summed E-state index contributed by atoms with van der Waals surface area (Å²) < 4.78 is 5.52. The predicted molar refractivity (Wildman–Crippen MR) is 87.0 cm³/mol. The molecule has 0 spiro atoms. The fourth-order valence-electron chi connectivity index (χ4n) is 2.43. The van der Waals surface area contributed by atoms with E-state index in [9.17, 15) is 4.79 Å². The lowest BCUT2D eigenvalue weighted by molar-refractivity contribution is -0.114. The van der Waals surface area contributed by atoms with Gasteiger partial charge in [0.1, 0.15) is 6.61 Å². The van der Waals surface area contributed by atoms with Crippen molar-refractivity contribution in [2.75, 3.05) is 18.1 Å². The molecule has 0 bridgehead atoms. The van der Waals surface area contributed by atoms with E-state index >= 15 is 0 Å². The lowest BCUT2D eigenvalue weighted by Crippen LogP contribution is -2.36. The van der Waals surface area contributed by atoms with Crippen LogP contribution in [-0.2, 0) is 4.79 Å². The number of rotatable bonds is 2. The van der Waals surface area contributed by atoms with Gasteiger partial charge in [0.25, 0.3) is 5.91 Å². The molecule has 0 radical (unpaired) electrons. The van der Waals surface area contributed by atoms with Crippen molar-refractivity contribution in [1.29, 1.82) is 0 Å². The average molecular weight is 294 g/mol. The molecule has 4 heteroatoms. The Morgan fingerprint density at radius 1 is 1.27 bits per heavy atom. The first kappa shape index (κ1) is 14.3.